The van der Waals surface area contributed by atoms with Crippen molar-refractivity contribution in [3.05, 3.63) is 76.2 Å². The van der Waals surface area contributed by atoms with Crippen molar-refractivity contribution in [2.75, 3.05) is 34.0 Å². The highest BCUT2D eigenvalue weighted by Crippen LogP contribution is 2.31. The number of aromatic nitrogens is 1. The predicted octanol–water partition coefficient (Wildman–Crippen LogP) is 4.50. The third-order valence-corrected chi connectivity index (χ3v) is 5.24. The molecule has 0 radical (unpaired) electrons. The van der Waals surface area contributed by atoms with Gasteiger partial charge in [-0.05, 0) is 61.0 Å². The number of nitrogens with one attached hydrogen (secondary N) is 1. The van der Waals surface area contributed by atoms with Crippen LogP contribution in [0.3, 0.4) is 0 Å². The van der Waals surface area contributed by atoms with Gasteiger partial charge in [0.05, 0.1) is 25.3 Å². The fourth-order valence-electron chi connectivity index (χ4n) is 3.16. The monoisotopic (exact) mass is 486 g/mol. The molecule has 1 heterocycles. The fourth-order valence-corrected chi connectivity index (χ4v) is 3.34. The number of methoxy groups -OCH3 is 2. The highest BCUT2D eigenvalue weighted by Gasteiger charge is 2.16. The first-order chi connectivity index (χ1) is 16.3. The predicted molar refractivity (Wildman–Crippen MR) is 126 cm³/mol. The van der Waals surface area contributed by atoms with Crippen molar-refractivity contribution >= 4 is 23.3 Å². The molecule has 0 aliphatic heterocycles. The molecule has 1 aromatic heterocycles. The number of ether oxygens (including phenoxy) is 3. The van der Waals surface area contributed by atoms with Gasteiger partial charge in [-0.25, -0.2) is 9.37 Å². The molecule has 9 heteroatoms. The quantitative estimate of drug-likeness (QED) is 0.335. The summed E-state index contributed by atoms with van der Waals surface area (Å²) in [6.45, 7) is 2.43. The van der Waals surface area contributed by atoms with Crippen LogP contribution in [0.15, 0.2) is 48.5 Å². The first-order valence-electron chi connectivity index (χ1n) is 10.4. The topological polar surface area (TPSA) is 86.8 Å². The van der Waals surface area contributed by atoms with Gasteiger partial charge in [0.1, 0.15) is 35.3 Å². The van der Waals surface area contributed by atoms with Gasteiger partial charge < -0.3 is 19.5 Å². The van der Waals surface area contributed by atoms with E-state index in [1.807, 2.05) is 6.92 Å². The summed E-state index contributed by atoms with van der Waals surface area (Å²) in [5.41, 5.74) is 2.13. The summed E-state index contributed by atoms with van der Waals surface area (Å²) in [6.07, 6.45) is 0. The molecule has 0 aliphatic carbocycles. The van der Waals surface area contributed by atoms with E-state index in [1.54, 1.807) is 31.4 Å². The molecule has 1 N–H and O–H groups in total. The Morgan fingerprint density at radius 1 is 1.03 bits per heavy atom. The number of halogens is 2. The van der Waals surface area contributed by atoms with Crippen LogP contribution in [-0.2, 0) is 4.74 Å². The molecule has 0 spiro atoms. The maximum absolute atomic E-state index is 13.5. The molecule has 1 amide bonds. The standard InChI is InChI=1S/C25H24ClFN2O5/c1-15-12-17(5-8-22(15)34-11-10-32-2)25(31)28-14-21(30)20-7-9-23(33-3)24(29-20)16-4-6-19(27)18(26)13-16/h4-9,12-13H,10-11,14H2,1-3H3,(H,28,31). The molecule has 0 saturated carbocycles. The largest absolute Gasteiger partial charge is 0.494 e. The van der Waals surface area contributed by atoms with E-state index < -0.39 is 17.5 Å². The summed E-state index contributed by atoms with van der Waals surface area (Å²) in [7, 11) is 3.05. The van der Waals surface area contributed by atoms with Gasteiger partial charge in [-0.15, -0.1) is 0 Å². The number of hydrogen-bond acceptors (Lipinski definition) is 6. The molecule has 34 heavy (non-hydrogen) atoms. The third kappa shape index (κ3) is 6.09. The lowest BCUT2D eigenvalue weighted by Crippen LogP contribution is -2.30. The Bertz CT molecular complexity index is 1200. The first kappa shape index (κ1) is 25.1. The number of carbonyl (C=O) groups excluding carboxylic acids is 2. The molecular formula is C25H24ClFN2O5. The van der Waals surface area contributed by atoms with Crippen LogP contribution in [0, 0.1) is 12.7 Å². The second kappa shape index (κ2) is 11.6. The van der Waals surface area contributed by atoms with Gasteiger partial charge in [0.25, 0.3) is 5.91 Å². The molecule has 0 bridgehead atoms. The lowest BCUT2D eigenvalue weighted by atomic mass is 10.1. The van der Waals surface area contributed by atoms with Gasteiger partial charge >= 0.3 is 0 Å². The van der Waals surface area contributed by atoms with Gasteiger partial charge in [-0.2, -0.15) is 0 Å². The highest BCUT2D eigenvalue weighted by atomic mass is 35.5. The van der Waals surface area contributed by atoms with E-state index in [4.69, 9.17) is 25.8 Å². The zero-order chi connectivity index (χ0) is 24.7. The molecule has 2 aromatic carbocycles. The number of hydrogen-bond donors (Lipinski definition) is 1. The Hall–Kier alpha value is -3.49. The van der Waals surface area contributed by atoms with Crippen LogP contribution >= 0.6 is 11.6 Å². The van der Waals surface area contributed by atoms with E-state index in [-0.39, 0.29) is 17.3 Å². The van der Waals surface area contributed by atoms with Crippen LogP contribution in [0.1, 0.15) is 26.4 Å². The van der Waals surface area contributed by atoms with Crippen molar-refractivity contribution in [2.24, 2.45) is 0 Å². The van der Waals surface area contributed by atoms with E-state index in [0.29, 0.717) is 41.5 Å². The number of ketones is 1. The highest BCUT2D eigenvalue weighted by molar-refractivity contribution is 6.31. The summed E-state index contributed by atoms with van der Waals surface area (Å²) in [6, 6.07) is 12.2. The number of Topliss-reactive ketones (excluding diaryl/α,β-unsaturated/α-hetero) is 1. The van der Waals surface area contributed by atoms with Crippen LogP contribution in [0.25, 0.3) is 11.3 Å². The fraction of sp³-hybridized carbons (Fsp3) is 0.240. The maximum atomic E-state index is 13.5. The van der Waals surface area contributed by atoms with Crippen molar-refractivity contribution < 1.29 is 28.2 Å². The minimum absolute atomic E-state index is 0.0734. The zero-order valence-electron chi connectivity index (χ0n) is 19.0. The second-order valence-corrected chi connectivity index (χ2v) is 7.71. The molecule has 0 saturated heterocycles. The molecule has 3 aromatic rings. The first-order valence-corrected chi connectivity index (χ1v) is 10.8. The van der Waals surface area contributed by atoms with Gasteiger partial charge in [0.15, 0.2) is 5.78 Å². The maximum Gasteiger partial charge on any atom is 0.251 e. The molecule has 3 rings (SSSR count). The summed E-state index contributed by atoms with van der Waals surface area (Å²) in [5.74, 6) is -0.322. The van der Waals surface area contributed by atoms with Crippen LogP contribution < -0.4 is 14.8 Å². The minimum Gasteiger partial charge on any atom is -0.494 e. The van der Waals surface area contributed by atoms with E-state index in [9.17, 15) is 14.0 Å². The number of benzene rings is 2. The Morgan fingerprint density at radius 3 is 2.47 bits per heavy atom. The zero-order valence-corrected chi connectivity index (χ0v) is 19.7. The number of rotatable bonds is 10. The van der Waals surface area contributed by atoms with E-state index in [1.165, 1.54) is 31.4 Å². The van der Waals surface area contributed by atoms with Gasteiger partial charge in [-0.3, -0.25) is 9.59 Å². The molecule has 0 aliphatic rings. The van der Waals surface area contributed by atoms with E-state index in [2.05, 4.69) is 10.3 Å². The third-order valence-electron chi connectivity index (χ3n) is 4.95. The number of nitrogens with zero attached hydrogens (tertiary/aromatic N) is 1. The van der Waals surface area contributed by atoms with Gasteiger partial charge in [0, 0.05) is 18.2 Å². The van der Waals surface area contributed by atoms with E-state index >= 15 is 0 Å². The van der Waals surface area contributed by atoms with Gasteiger partial charge in [0.2, 0.25) is 0 Å². The summed E-state index contributed by atoms with van der Waals surface area (Å²) >= 11 is 5.89. The number of amides is 1. The summed E-state index contributed by atoms with van der Waals surface area (Å²) in [4.78, 5) is 29.6. The normalized spacial score (nSPS) is 10.6. The van der Waals surface area contributed by atoms with Crippen molar-refractivity contribution in [2.45, 2.75) is 6.92 Å². The second-order valence-electron chi connectivity index (χ2n) is 7.30. The Labute approximate surface area is 201 Å². The smallest absolute Gasteiger partial charge is 0.251 e. The van der Waals surface area contributed by atoms with Crippen molar-refractivity contribution in [3.63, 3.8) is 0 Å². The van der Waals surface area contributed by atoms with Crippen LogP contribution in [0.4, 0.5) is 4.39 Å². The SMILES string of the molecule is COCCOc1ccc(C(=O)NCC(=O)c2ccc(OC)c(-c3ccc(F)c(Cl)c3)n2)cc1C. The summed E-state index contributed by atoms with van der Waals surface area (Å²) in [5, 5.41) is 2.54. The van der Waals surface area contributed by atoms with Crippen molar-refractivity contribution in [3.8, 4) is 22.8 Å². The Morgan fingerprint density at radius 2 is 1.79 bits per heavy atom. The van der Waals surface area contributed by atoms with E-state index in [0.717, 1.165) is 5.56 Å². The molecular weight excluding hydrogens is 463 g/mol. The minimum atomic E-state index is -0.566. The molecule has 0 atom stereocenters. The number of aryl methyl sites for hydroxylation is 1. The summed E-state index contributed by atoms with van der Waals surface area (Å²) < 4.78 is 29.4. The average Bonchev–Trinajstić information content (AvgIpc) is 2.84. The molecule has 7 nitrogen and oxygen atoms in total. The molecule has 178 valence electrons. The van der Waals surface area contributed by atoms with Gasteiger partial charge in [-0.1, -0.05) is 11.6 Å². The lowest BCUT2D eigenvalue weighted by molar-refractivity contribution is 0.0902. The van der Waals surface area contributed by atoms with Crippen molar-refractivity contribution in [1.82, 2.24) is 10.3 Å². The lowest BCUT2D eigenvalue weighted by Gasteiger charge is -2.12. The number of carbonyl (C=O) groups is 2. The Kier molecular flexibility index (Phi) is 8.56. The average molecular weight is 487 g/mol. The molecule has 0 unspecified atom stereocenters. The van der Waals surface area contributed by atoms with Crippen LogP contribution in [0.5, 0.6) is 11.5 Å². The van der Waals surface area contributed by atoms with Crippen molar-refractivity contribution in [1.29, 1.82) is 0 Å². The Balaban J connectivity index is 1.70. The van der Waals surface area contributed by atoms with Crippen LogP contribution in [0.2, 0.25) is 5.02 Å². The number of pyridine rings is 1. The van der Waals surface area contributed by atoms with Crippen LogP contribution in [-0.4, -0.2) is 50.7 Å². The molecule has 0 fully saturated rings.